The Morgan fingerprint density at radius 3 is 1.50 bits per heavy atom. The number of hydrogen-bond donors (Lipinski definition) is 1. The van der Waals surface area contributed by atoms with Crippen molar-refractivity contribution in [3.63, 3.8) is 0 Å². The van der Waals surface area contributed by atoms with Gasteiger partial charge in [0.15, 0.2) is 15.2 Å². The van der Waals surface area contributed by atoms with Crippen LogP contribution in [0.2, 0.25) is 10.6 Å². The number of aliphatic hydroxyl groups excluding tert-OH is 1. The van der Waals surface area contributed by atoms with Crippen molar-refractivity contribution < 1.29 is 5.11 Å². The molecule has 0 aliphatic carbocycles. The quantitative estimate of drug-likeness (QED) is 0.493. The molecule has 0 bridgehead atoms. The normalized spacial score (nSPS) is 8.00. The average Bonchev–Trinajstić information content (AvgIpc) is 1.91. The van der Waals surface area contributed by atoms with Crippen molar-refractivity contribution in [2.45, 2.75) is 44.2 Å². The molecule has 0 atom stereocenters. The second-order valence-corrected chi connectivity index (χ2v) is 3.91. The molecule has 0 saturated heterocycles. The van der Waals surface area contributed by atoms with E-state index in [9.17, 15) is 0 Å². The van der Waals surface area contributed by atoms with Crippen molar-refractivity contribution in [1.82, 2.24) is 0 Å². The van der Waals surface area contributed by atoms with E-state index in [4.69, 9.17) is 5.11 Å². The summed E-state index contributed by atoms with van der Waals surface area (Å²) in [7, 11) is 0. The summed E-state index contributed by atoms with van der Waals surface area (Å²) in [6, 6.07) is 0. The van der Waals surface area contributed by atoms with Gasteiger partial charge in [0.25, 0.3) is 0 Å². The highest BCUT2D eigenvalue weighted by atomic mass is 27.1. The fourth-order valence-electron chi connectivity index (χ4n) is 0.553. The third kappa shape index (κ3) is 23.6. The highest BCUT2D eigenvalue weighted by Crippen LogP contribution is 1.92. The van der Waals surface area contributed by atoms with Crippen molar-refractivity contribution >= 4 is 15.2 Å². The van der Waals surface area contributed by atoms with Gasteiger partial charge in [-0.2, -0.15) is 0 Å². The molecule has 10 heavy (non-hydrogen) atoms. The van der Waals surface area contributed by atoms with Gasteiger partial charge >= 0.3 is 0 Å². The monoisotopic (exact) mass is 159 g/mol. The molecule has 0 rings (SSSR count). The van der Waals surface area contributed by atoms with Crippen molar-refractivity contribution in [1.29, 1.82) is 0 Å². The first-order valence-corrected chi connectivity index (χ1v) is 5.89. The molecule has 1 N–H and O–H groups in total. The SMILES string of the molecule is CCO.CC[CH2][Al][CH2]CC. The molecule has 0 saturated carbocycles. The highest BCUT2D eigenvalue weighted by Gasteiger charge is 1.84. The Balaban J connectivity index is 0. The van der Waals surface area contributed by atoms with Gasteiger partial charge in [-0.15, -0.1) is 10.6 Å². The zero-order chi connectivity index (χ0) is 8.24. The van der Waals surface area contributed by atoms with Crippen LogP contribution in [-0.2, 0) is 0 Å². The minimum atomic E-state index is 0.250. The zero-order valence-electron chi connectivity index (χ0n) is 7.56. The molecule has 0 aromatic carbocycles. The largest absolute Gasteiger partial charge is 0.397 e. The average molecular weight is 159 g/mol. The first-order valence-electron chi connectivity index (χ1n) is 4.25. The Bertz CT molecular complexity index is 36.2. The highest BCUT2D eigenvalue weighted by molar-refractivity contribution is 6.35. The maximum Gasteiger partial charge on any atom is 0.199 e. The van der Waals surface area contributed by atoms with E-state index >= 15 is 0 Å². The third-order valence-electron chi connectivity index (χ3n) is 0.986. The van der Waals surface area contributed by atoms with Gasteiger partial charge in [0.2, 0.25) is 0 Å². The van der Waals surface area contributed by atoms with Gasteiger partial charge in [0, 0.05) is 6.61 Å². The third-order valence-corrected chi connectivity index (χ3v) is 2.96. The minimum absolute atomic E-state index is 0.250. The predicted octanol–water partition coefficient (Wildman–Crippen LogP) is 2.35. The molecule has 0 unspecified atom stereocenters. The van der Waals surface area contributed by atoms with Crippen molar-refractivity contribution in [3.8, 4) is 0 Å². The Labute approximate surface area is 71.5 Å². The Hall–Kier alpha value is 0.492. The van der Waals surface area contributed by atoms with E-state index in [0.717, 1.165) is 15.2 Å². The minimum Gasteiger partial charge on any atom is -0.397 e. The van der Waals surface area contributed by atoms with E-state index in [1.54, 1.807) is 6.92 Å². The van der Waals surface area contributed by atoms with Gasteiger partial charge in [-0.25, -0.2) is 0 Å². The fraction of sp³-hybridized carbons (Fsp3) is 1.00. The van der Waals surface area contributed by atoms with Crippen LogP contribution in [0.3, 0.4) is 0 Å². The summed E-state index contributed by atoms with van der Waals surface area (Å²) < 4.78 is 0. The molecule has 0 aromatic rings. The summed E-state index contributed by atoms with van der Waals surface area (Å²) in [4.78, 5) is 0. The molecule has 1 nitrogen and oxygen atoms in total. The Morgan fingerprint density at radius 2 is 1.30 bits per heavy atom. The molecule has 61 valence electrons. The van der Waals surface area contributed by atoms with E-state index in [2.05, 4.69) is 13.8 Å². The second kappa shape index (κ2) is 16.2. The summed E-state index contributed by atoms with van der Waals surface area (Å²) in [5, 5.41) is 10.6. The lowest BCUT2D eigenvalue weighted by Crippen LogP contribution is -1.84. The van der Waals surface area contributed by atoms with E-state index < -0.39 is 0 Å². The van der Waals surface area contributed by atoms with Crippen LogP contribution in [-0.4, -0.2) is 26.9 Å². The van der Waals surface area contributed by atoms with Gasteiger partial charge in [-0.1, -0.05) is 26.7 Å². The molecular formula is C8H20AlO. The first-order chi connectivity index (χ1) is 4.83. The topological polar surface area (TPSA) is 20.2 Å². The van der Waals surface area contributed by atoms with Crippen LogP contribution in [0.25, 0.3) is 0 Å². The van der Waals surface area contributed by atoms with Gasteiger partial charge in [0.1, 0.15) is 0 Å². The molecule has 0 heterocycles. The number of hydrogen-bond acceptors (Lipinski definition) is 1. The maximum absolute atomic E-state index is 7.57. The molecule has 0 spiro atoms. The van der Waals surface area contributed by atoms with Crippen molar-refractivity contribution in [2.75, 3.05) is 6.61 Å². The summed E-state index contributed by atoms with van der Waals surface area (Å²) in [6.07, 6.45) is 2.80. The smallest absolute Gasteiger partial charge is 0.199 e. The summed E-state index contributed by atoms with van der Waals surface area (Å²) in [5.74, 6) is 0. The van der Waals surface area contributed by atoms with Gasteiger partial charge < -0.3 is 5.11 Å². The van der Waals surface area contributed by atoms with Crippen LogP contribution in [0.5, 0.6) is 0 Å². The van der Waals surface area contributed by atoms with Gasteiger partial charge in [-0.05, 0) is 6.92 Å². The number of rotatable bonds is 4. The first kappa shape index (κ1) is 13.1. The zero-order valence-corrected chi connectivity index (χ0v) is 8.71. The van der Waals surface area contributed by atoms with E-state index in [-0.39, 0.29) is 6.61 Å². The van der Waals surface area contributed by atoms with Crippen LogP contribution in [0.1, 0.15) is 33.6 Å². The van der Waals surface area contributed by atoms with Crippen molar-refractivity contribution in [2.24, 2.45) is 0 Å². The van der Waals surface area contributed by atoms with Crippen LogP contribution < -0.4 is 0 Å². The molecule has 0 aliphatic heterocycles. The van der Waals surface area contributed by atoms with E-state index in [0.29, 0.717) is 0 Å². The van der Waals surface area contributed by atoms with Crippen LogP contribution in [0.4, 0.5) is 0 Å². The second-order valence-electron chi connectivity index (χ2n) is 2.18. The lowest BCUT2D eigenvalue weighted by molar-refractivity contribution is 0.318. The standard InChI is InChI=1S/2C3H7.C2H6O.Al/c2*1-3-2;1-2-3;/h2*1,3H2,2H3;3H,2H2,1H3;. The van der Waals surface area contributed by atoms with E-state index in [1.807, 2.05) is 0 Å². The van der Waals surface area contributed by atoms with Crippen molar-refractivity contribution in [3.05, 3.63) is 0 Å². The lowest BCUT2D eigenvalue weighted by Gasteiger charge is -1.87. The van der Waals surface area contributed by atoms with Gasteiger partial charge in [0.05, 0.1) is 0 Å². The predicted molar refractivity (Wildman–Crippen MR) is 48.7 cm³/mol. The fourth-order valence-corrected chi connectivity index (χ4v) is 1.66. The molecule has 0 fully saturated rings. The summed E-state index contributed by atoms with van der Waals surface area (Å²) >= 11 is 0.822. The van der Waals surface area contributed by atoms with Crippen LogP contribution in [0.15, 0.2) is 0 Å². The van der Waals surface area contributed by atoms with Crippen LogP contribution in [0, 0.1) is 0 Å². The molecule has 0 amide bonds. The van der Waals surface area contributed by atoms with E-state index in [1.165, 1.54) is 23.4 Å². The summed E-state index contributed by atoms with van der Waals surface area (Å²) in [6.45, 7) is 6.46. The molecule has 0 aromatic heterocycles. The van der Waals surface area contributed by atoms with Gasteiger partial charge in [-0.3, -0.25) is 0 Å². The lowest BCUT2D eigenvalue weighted by atomic mass is 10.6. The molecule has 0 aliphatic rings. The Kier molecular flexibility index (Phi) is 21.3. The molecular weight excluding hydrogens is 139 g/mol. The number of aliphatic hydroxyl groups is 1. The van der Waals surface area contributed by atoms with Crippen LogP contribution >= 0.6 is 0 Å². The maximum atomic E-state index is 7.57. The molecule has 2 heteroatoms. The molecule has 1 radical (unpaired) electrons. The summed E-state index contributed by atoms with van der Waals surface area (Å²) in [5.41, 5.74) is 0. The Morgan fingerprint density at radius 1 is 1.00 bits per heavy atom.